The van der Waals surface area contributed by atoms with Crippen molar-refractivity contribution in [1.29, 1.82) is 0 Å². The van der Waals surface area contributed by atoms with Crippen molar-refractivity contribution in [3.8, 4) is 34.0 Å². The Kier molecular flexibility index (Phi) is 7.13. The molecule has 3 nitrogen and oxygen atoms in total. The Morgan fingerprint density at radius 3 is 1.98 bits per heavy atom. The first kappa shape index (κ1) is 25.9. The number of imidazole rings is 1. The summed E-state index contributed by atoms with van der Waals surface area (Å²) in [5, 5.41) is 0. The zero-order chi connectivity index (χ0) is 27.6. The second-order valence-electron chi connectivity index (χ2n) is 11.2. The van der Waals surface area contributed by atoms with Crippen molar-refractivity contribution in [3.63, 3.8) is 0 Å². The Morgan fingerprint density at radius 1 is 0.700 bits per heavy atom. The summed E-state index contributed by atoms with van der Waals surface area (Å²) in [5.41, 5.74) is 11.2. The van der Waals surface area contributed by atoms with Crippen LogP contribution in [0.4, 0.5) is 0 Å². The van der Waals surface area contributed by atoms with Crippen LogP contribution >= 0.6 is 0 Å². The molecule has 3 heteroatoms. The number of aromatic nitrogens is 3. The largest absolute Gasteiger partial charge is 0.309 e. The summed E-state index contributed by atoms with van der Waals surface area (Å²) >= 11 is 0. The zero-order valence-corrected chi connectivity index (χ0v) is 23.9. The molecule has 40 heavy (non-hydrogen) atoms. The summed E-state index contributed by atoms with van der Waals surface area (Å²) in [6.07, 6.45) is 13.1. The first-order valence-corrected chi connectivity index (χ1v) is 14.4. The first-order chi connectivity index (χ1) is 19.5. The van der Waals surface area contributed by atoms with E-state index in [0.717, 1.165) is 24.2 Å². The summed E-state index contributed by atoms with van der Waals surface area (Å²) < 4.78 is 4.72. The van der Waals surface area contributed by atoms with Crippen LogP contribution in [0.5, 0.6) is 0 Å². The van der Waals surface area contributed by atoms with Gasteiger partial charge in [0, 0.05) is 23.6 Å². The number of hydrogen-bond donors (Lipinski definition) is 0. The molecular formula is C37H37N3. The van der Waals surface area contributed by atoms with Crippen molar-refractivity contribution in [2.75, 3.05) is 0 Å². The number of para-hydroxylation sites is 1. The van der Waals surface area contributed by atoms with Crippen molar-refractivity contribution in [3.05, 3.63) is 132 Å². The van der Waals surface area contributed by atoms with Crippen LogP contribution in [-0.4, -0.2) is 14.1 Å². The fourth-order valence-corrected chi connectivity index (χ4v) is 5.82. The van der Waals surface area contributed by atoms with Crippen LogP contribution in [0.3, 0.4) is 0 Å². The third-order valence-electron chi connectivity index (χ3n) is 7.81. The summed E-state index contributed by atoms with van der Waals surface area (Å²) in [6, 6.07) is 30.6. The Hall–Kier alpha value is -4.37. The van der Waals surface area contributed by atoms with Gasteiger partial charge in [0.2, 0.25) is 0 Å². The molecule has 1 aliphatic carbocycles. The first-order valence-electron chi connectivity index (χ1n) is 14.4. The maximum atomic E-state index is 4.80. The second-order valence-corrected chi connectivity index (χ2v) is 11.2. The highest BCUT2D eigenvalue weighted by molar-refractivity contribution is 5.79. The smallest absolute Gasteiger partial charge is 0.144 e. The minimum atomic E-state index is 0.335. The van der Waals surface area contributed by atoms with Gasteiger partial charge in [-0.05, 0) is 83.3 Å². The molecule has 0 N–H and O–H groups in total. The van der Waals surface area contributed by atoms with Gasteiger partial charge in [0.1, 0.15) is 5.82 Å². The predicted molar refractivity (Wildman–Crippen MR) is 168 cm³/mol. The standard InChI is InChI=1S/C37H37N3/c1-26(2)32-24-30(25-33(27(3)4)36(32)39-23-22-38-37(39)29-16-10-6-11-17-29)35-21-20-34(28-14-8-5-9-15-28)40(35)31-18-12-7-13-19-31/h6-8,10-27H,5,9H2,1-4H3. The summed E-state index contributed by atoms with van der Waals surface area (Å²) in [7, 11) is 0. The van der Waals surface area contributed by atoms with Gasteiger partial charge >= 0.3 is 0 Å². The normalized spacial score (nSPS) is 13.3. The van der Waals surface area contributed by atoms with Gasteiger partial charge in [-0.3, -0.25) is 4.57 Å². The van der Waals surface area contributed by atoms with Gasteiger partial charge in [-0.15, -0.1) is 0 Å². The maximum Gasteiger partial charge on any atom is 0.144 e. The number of nitrogens with zero attached hydrogens (tertiary/aromatic N) is 3. The van der Waals surface area contributed by atoms with E-state index in [1.54, 1.807) is 0 Å². The molecule has 5 aromatic rings. The molecule has 0 unspecified atom stereocenters. The number of rotatable bonds is 7. The third kappa shape index (κ3) is 4.77. The lowest BCUT2D eigenvalue weighted by molar-refractivity contribution is 0.807. The van der Waals surface area contributed by atoms with E-state index in [-0.39, 0.29) is 0 Å². The van der Waals surface area contributed by atoms with E-state index < -0.39 is 0 Å². The molecule has 200 valence electrons. The minimum Gasteiger partial charge on any atom is -0.309 e. The number of benzene rings is 3. The van der Waals surface area contributed by atoms with Crippen molar-refractivity contribution in [1.82, 2.24) is 14.1 Å². The summed E-state index contributed by atoms with van der Waals surface area (Å²) in [6.45, 7) is 9.19. The van der Waals surface area contributed by atoms with Gasteiger partial charge in [-0.2, -0.15) is 0 Å². The van der Waals surface area contributed by atoms with E-state index in [9.17, 15) is 0 Å². The van der Waals surface area contributed by atoms with Crippen molar-refractivity contribution in [2.45, 2.75) is 52.4 Å². The molecule has 2 heterocycles. The van der Waals surface area contributed by atoms with Crippen LogP contribution in [0.15, 0.2) is 116 Å². The lowest BCUT2D eigenvalue weighted by Crippen LogP contribution is -2.09. The number of hydrogen-bond acceptors (Lipinski definition) is 1. The molecule has 0 aliphatic heterocycles. The van der Waals surface area contributed by atoms with Gasteiger partial charge in [-0.1, -0.05) is 94.5 Å². The highest BCUT2D eigenvalue weighted by Gasteiger charge is 2.23. The molecule has 6 rings (SSSR count). The number of allylic oxidation sites excluding steroid dienone is 4. The molecule has 1 aliphatic rings. The molecule has 0 atom stereocenters. The zero-order valence-electron chi connectivity index (χ0n) is 23.9. The topological polar surface area (TPSA) is 22.8 Å². The lowest BCUT2D eigenvalue weighted by atomic mass is 9.89. The van der Waals surface area contributed by atoms with Crippen molar-refractivity contribution >= 4 is 5.57 Å². The molecule has 0 saturated heterocycles. The molecule has 0 bridgehead atoms. The summed E-state index contributed by atoms with van der Waals surface area (Å²) in [4.78, 5) is 4.80. The Morgan fingerprint density at radius 2 is 1.35 bits per heavy atom. The Balaban J connectivity index is 1.59. The van der Waals surface area contributed by atoms with Crippen LogP contribution in [0.1, 0.15) is 69.2 Å². The summed E-state index contributed by atoms with van der Waals surface area (Å²) in [5.74, 6) is 1.65. The van der Waals surface area contributed by atoms with Crippen LogP contribution in [0, 0.1) is 0 Å². The maximum absolute atomic E-state index is 4.80. The molecule has 2 aromatic heterocycles. The van der Waals surface area contributed by atoms with E-state index in [0.29, 0.717) is 11.8 Å². The van der Waals surface area contributed by atoms with E-state index in [2.05, 4.69) is 146 Å². The molecule has 3 aromatic carbocycles. The molecule has 0 fully saturated rings. The average Bonchev–Trinajstić information content (AvgIpc) is 3.66. The van der Waals surface area contributed by atoms with E-state index in [1.807, 2.05) is 6.20 Å². The highest BCUT2D eigenvalue weighted by atomic mass is 15.1. The quantitative estimate of drug-likeness (QED) is 0.208. The van der Waals surface area contributed by atoms with Gasteiger partial charge in [0.15, 0.2) is 0 Å². The Labute approximate surface area is 238 Å². The molecule has 0 radical (unpaired) electrons. The molecule has 0 saturated carbocycles. The fraction of sp³-hybridized carbons (Fsp3) is 0.216. The van der Waals surface area contributed by atoms with E-state index in [1.165, 1.54) is 45.0 Å². The van der Waals surface area contributed by atoms with Crippen LogP contribution in [-0.2, 0) is 0 Å². The molecular weight excluding hydrogens is 486 g/mol. The van der Waals surface area contributed by atoms with Gasteiger partial charge < -0.3 is 4.57 Å². The van der Waals surface area contributed by atoms with Crippen LogP contribution in [0.2, 0.25) is 0 Å². The molecule has 0 spiro atoms. The third-order valence-corrected chi connectivity index (χ3v) is 7.81. The van der Waals surface area contributed by atoms with Crippen molar-refractivity contribution in [2.24, 2.45) is 0 Å². The molecule has 0 amide bonds. The SMILES string of the molecule is CC(C)c1cc(-c2ccc(C3=CCCC=C3)n2-c2ccccc2)cc(C(C)C)c1-n1ccnc1-c1ccccc1. The monoisotopic (exact) mass is 523 g/mol. The fourth-order valence-electron chi connectivity index (χ4n) is 5.82. The van der Waals surface area contributed by atoms with E-state index in [4.69, 9.17) is 4.98 Å². The van der Waals surface area contributed by atoms with Gasteiger partial charge in [0.05, 0.1) is 17.1 Å². The average molecular weight is 524 g/mol. The van der Waals surface area contributed by atoms with Gasteiger partial charge in [0.25, 0.3) is 0 Å². The predicted octanol–water partition coefficient (Wildman–Crippen LogP) is 9.98. The van der Waals surface area contributed by atoms with Gasteiger partial charge in [-0.25, -0.2) is 4.98 Å². The highest BCUT2D eigenvalue weighted by Crippen LogP contribution is 2.40. The second kappa shape index (κ2) is 11.0. The van der Waals surface area contributed by atoms with Crippen LogP contribution in [0.25, 0.3) is 39.6 Å². The van der Waals surface area contributed by atoms with E-state index >= 15 is 0 Å². The van der Waals surface area contributed by atoms with Crippen LogP contribution < -0.4 is 0 Å². The lowest BCUT2D eigenvalue weighted by Gasteiger charge is -2.24. The Bertz CT molecular complexity index is 1650. The van der Waals surface area contributed by atoms with Crippen molar-refractivity contribution < 1.29 is 0 Å². The minimum absolute atomic E-state index is 0.335.